The summed E-state index contributed by atoms with van der Waals surface area (Å²) in [5.74, 6) is -0.0485. The third-order valence-electron chi connectivity index (χ3n) is 1.91. The van der Waals surface area contributed by atoms with Gasteiger partial charge < -0.3 is 15.2 Å². The second kappa shape index (κ2) is 5.98. The number of ether oxygens (including phenoxy) is 1. The van der Waals surface area contributed by atoms with E-state index in [1.807, 2.05) is 20.8 Å². The Balaban J connectivity index is 3.99. The maximum absolute atomic E-state index is 11.5. The van der Waals surface area contributed by atoms with Crippen LogP contribution in [-0.2, 0) is 9.53 Å². The predicted octanol–water partition coefficient (Wildman–Crippen LogP) is 0.546. The molecule has 0 aliphatic rings. The Morgan fingerprint density at radius 2 is 2.07 bits per heavy atom. The molecule has 0 bridgehead atoms. The van der Waals surface area contributed by atoms with Gasteiger partial charge in [-0.1, -0.05) is 20.8 Å². The van der Waals surface area contributed by atoms with Gasteiger partial charge in [0.05, 0.1) is 12.6 Å². The van der Waals surface area contributed by atoms with Crippen molar-refractivity contribution >= 4 is 5.91 Å². The summed E-state index contributed by atoms with van der Waals surface area (Å²) in [6.07, 6.45) is 0.634. The number of methoxy groups -OCH3 is 1. The smallest absolute Gasteiger partial charge is 0.225 e. The zero-order valence-electron chi connectivity index (χ0n) is 9.46. The maximum Gasteiger partial charge on any atom is 0.225 e. The van der Waals surface area contributed by atoms with Gasteiger partial charge in [-0.15, -0.1) is 0 Å². The summed E-state index contributed by atoms with van der Waals surface area (Å²) in [7, 11) is 1.60. The Morgan fingerprint density at radius 1 is 1.50 bits per heavy atom. The van der Waals surface area contributed by atoms with Crippen molar-refractivity contribution in [3.05, 3.63) is 0 Å². The highest BCUT2D eigenvalue weighted by Gasteiger charge is 2.23. The Kier molecular flexibility index (Phi) is 5.72. The molecule has 2 N–H and O–H groups in total. The van der Waals surface area contributed by atoms with Gasteiger partial charge in [-0.05, 0) is 6.42 Å². The summed E-state index contributed by atoms with van der Waals surface area (Å²) in [6.45, 7) is 6.01. The number of hydrogen-bond acceptors (Lipinski definition) is 3. The number of rotatable bonds is 5. The van der Waals surface area contributed by atoms with Crippen LogP contribution in [0.15, 0.2) is 0 Å². The zero-order valence-corrected chi connectivity index (χ0v) is 9.46. The summed E-state index contributed by atoms with van der Waals surface area (Å²) in [4.78, 5) is 11.5. The van der Waals surface area contributed by atoms with Gasteiger partial charge in [0.1, 0.15) is 0 Å². The molecular weight excluding hydrogens is 182 g/mol. The average Bonchev–Trinajstić information content (AvgIpc) is 2.10. The van der Waals surface area contributed by atoms with Crippen LogP contribution < -0.4 is 5.32 Å². The molecule has 0 rings (SSSR count). The van der Waals surface area contributed by atoms with Crippen LogP contribution in [0.25, 0.3) is 0 Å². The Labute approximate surface area is 85.6 Å². The third kappa shape index (κ3) is 5.19. The van der Waals surface area contributed by atoms with E-state index in [0.29, 0.717) is 13.0 Å². The lowest BCUT2D eigenvalue weighted by Crippen LogP contribution is -2.43. The number of nitrogens with one attached hydrogen (secondary N) is 1. The first-order chi connectivity index (χ1) is 6.41. The highest BCUT2D eigenvalue weighted by atomic mass is 16.5. The van der Waals surface area contributed by atoms with Gasteiger partial charge in [0.15, 0.2) is 0 Å². The van der Waals surface area contributed by atoms with E-state index in [1.165, 1.54) is 0 Å². The summed E-state index contributed by atoms with van der Waals surface area (Å²) in [6, 6.07) is -0.207. The minimum absolute atomic E-state index is 0.0485. The molecule has 1 atom stereocenters. The van der Waals surface area contributed by atoms with Crippen LogP contribution in [0.1, 0.15) is 27.2 Å². The molecular formula is C10H21NO3. The van der Waals surface area contributed by atoms with Crippen LogP contribution >= 0.6 is 0 Å². The van der Waals surface area contributed by atoms with Crippen LogP contribution in [-0.4, -0.2) is 37.4 Å². The van der Waals surface area contributed by atoms with Crippen molar-refractivity contribution < 1.29 is 14.6 Å². The standard InChI is InChI=1S/C10H21NO3/c1-10(2,3)9(13)11-8(7-12)5-6-14-4/h8,12H,5-7H2,1-4H3,(H,11,13). The van der Waals surface area contributed by atoms with Crippen LogP contribution in [0.4, 0.5) is 0 Å². The van der Waals surface area contributed by atoms with Crippen molar-refractivity contribution in [1.29, 1.82) is 0 Å². The fourth-order valence-corrected chi connectivity index (χ4v) is 0.871. The van der Waals surface area contributed by atoms with Gasteiger partial charge in [-0.2, -0.15) is 0 Å². The molecule has 0 radical (unpaired) electrons. The largest absolute Gasteiger partial charge is 0.394 e. The molecule has 0 heterocycles. The molecule has 1 amide bonds. The van der Waals surface area contributed by atoms with E-state index in [9.17, 15) is 4.79 Å². The Morgan fingerprint density at radius 3 is 2.43 bits per heavy atom. The Bertz CT molecular complexity index is 175. The molecule has 4 heteroatoms. The summed E-state index contributed by atoms with van der Waals surface area (Å²) < 4.78 is 4.88. The normalized spacial score (nSPS) is 13.8. The third-order valence-corrected chi connectivity index (χ3v) is 1.91. The van der Waals surface area contributed by atoms with Gasteiger partial charge in [-0.25, -0.2) is 0 Å². The van der Waals surface area contributed by atoms with E-state index < -0.39 is 5.41 Å². The summed E-state index contributed by atoms with van der Waals surface area (Å²) in [5, 5.41) is 11.8. The van der Waals surface area contributed by atoms with Gasteiger partial charge >= 0.3 is 0 Å². The lowest BCUT2D eigenvalue weighted by atomic mass is 9.95. The topological polar surface area (TPSA) is 58.6 Å². The molecule has 84 valence electrons. The Hall–Kier alpha value is -0.610. The predicted molar refractivity (Wildman–Crippen MR) is 55.0 cm³/mol. The number of aliphatic hydroxyl groups excluding tert-OH is 1. The van der Waals surface area contributed by atoms with Gasteiger partial charge in [0.2, 0.25) is 5.91 Å². The van der Waals surface area contributed by atoms with Crippen LogP contribution in [0.2, 0.25) is 0 Å². The first-order valence-electron chi connectivity index (χ1n) is 4.82. The minimum Gasteiger partial charge on any atom is -0.394 e. The van der Waals surface area contributed by atoms with E-state index in [2.05, 4.69) is 5.32 Å². The molecule has 0 saturated carbocycles. The highest BCUT2D eigenvalue weighted by molar-refractivity contribution is 5.81. The number of amides is 1. The summed E-state index contributed by atoms with van der Waals surface area (Å²) >= 11 is 0. The zero-order chi connectivity index (χ0) is 11.2. The molecule has 0 spiro atoms. The van der Waals surface area contributed by atoms with Crippen molar-refractivity contribution in [3.8, 4) is 0 Å². The van der Waals surface area contributed by atoms with E-state index in [4.69, 9.17) is 9.84 Å². The number of carbonyl (C=O) groups is 1. The van der Waals surface area contributed by atoms with E-state index in [1.54, 1.807) is 7.11 Å². The molecule has 0 aromatic rings. The van der Waals surface area contributed by atoms with Crippen LogP contribution in [0.5, 0.6) is 0 Å². The lowest BCUT2D eigenvalue weighted by molar-refractivity contribution is -0.129. The molecule has 0 aliphatic heterocycles. The van der Waals surface area contributed by atoms with Crippen molar-refractivity contribution in [2.24, 2.45) is 5.41 Å². The van der Waals surface area contributed by atoms with E-state index in [-0.39, 0.29) is 18.6 Å². The quantitative estimate of drug-likeness (QED) is 0.686. The van der Waals surface area contributed by atoms with Gasteiger partial charge in [0, 0.05) is 19.1 Å². The first kappa shape index (κ1) is 13.4. The van der Waals surface area contributed by atoms with Crippen LogP contribution in [0.3, 0.4) is 0 Å². The van der Waals surface area contributed by atoms with E-state index in [0.717, 1.165) is 0 Å². The van der Waals surface area contributed by atoms with E-state index >= 15 is 0 Å². The fourth-order valence-electron chi connectivity index (χ4n) is 0.871. The molecule has 1 unspecified atom stereocenters. The minimum atomic E-state index is -0.416. The molecule has 0 aliphatic carbocycles. The maximum atomic E-state index is 11.5. The average molecular weight is 203 g/mol. The summed E-state index contributed by atoms with van der Waals surface area (Å²) in [5.41, 5.74) is -0.416. The number of carbonyl (C=O) groups excluding carboxylic acids is 1. The molecule has 0 fully saturated rings. The SMILES string of the molecule is COCCC(CO)NC(=O)C(C)(C)C. The monoisotopic (exact) mass is 203 g/mol. The number of hydrogen-bond donors (Lipinski definition) is 2. The lowest BCUT2D eigenvalue weighted by Gasteiger charge is -2.22. The van der Waals surface area contributed by atoms with Crippen molar-refractivity contribution in [2.45, 2.75) is 33.2 Å². The fraction of sp³-hybridized carbons (Fsp3) is 0.900. The molecule has 0 aromatic heterocycles. The molecule has 0 saturated heterocycles. The molecule has 4 nitrogen and oxygen atoms in total. The highest BCUT2D eigenvalue weighted by Crippen LogP contribution is 2.13. The van der Waals surface area contributed by atoms with Gasteiger partial charge in [-0.3, -0.25) is 4.79 Å². The molecule has 14 heavy (non-hydrogen) atoms. The van der Waals surface area contributed by atoms with Crippen LogP contribution in [0, 0.1) is 5.41 Å². The number of aliphatic hydroxyl groups is 1. The van der Waals surface area contributed by atoms with Crippen molar-refractivity contribution in [1.82, 2.24) is 5.32 Å². The van der Waals surface area contributed by atoms with Crippen molar-refractivity contribution in [2.75, 3.05) is 20.3 Å². The molecule has 0 aromatic carbocycles. The second-order valence-corrected chi connectivity index (χ2v) is 4.38. The first-order valence-corrected chi connectivity index (χ1v) is 4.82. The second-order valence-electron chi connectivity index (χ2n) is 4.38. The van der Waals surface area contributed by atoms with Crippen molar-refractivity contribution in [3.63, 3.8) is 0 Å². The van der Waals surface area contributed by atoms with Gasteiger partial charge in [0.25, 0.3) is 0 Å².